The monoisotopic (exact) mass is 227 g/mol. The molecule has 0 spiro atoms. The molecule has 16 heavy (non-hydrogen) atoms. The lowest BCUT2D eigenvalue weighted by atomic mass is 10.4. The van der Waals surface area contributed by atoms with Crippen LogP contribution in [-0.4, -0.2) is 22.3 Å². The van der Waals surface area contributed by atoms with Gasteiger partial charge in [-0.15, -0.1) is 0 Å². The van der Waals surface area contributed by atoms with Gasteiger partial charge >= 0.3 is 5.69 Å². The molecule has 1 rings (SSSR count). The second-order valence-corrected chi connectivity index (χ2v) is 3.49. The van der Waals surface area contributed by atoms with E-state index in [-0.39, 0.29) is 11.4 Å². The molecule has 0 aliphatic carbocycles. The zero-order chi connectivity index (χ0) is 12.1. The molecule has 0 radical (unpaired) electrons. The molecule has 0 saturated heterocycles. The molecule has 0 aliphatic rings. The van der Waals surface area contributed by atoms with Gasteiger partial charge in [-0.2, -0.15) is 0 Å². The van der Waals surface area contributed by atoms with Gasteiger partial charge in [0.25, 0.3) is 5.56 Å². The highest BCUT2D eigenvalue weighted by molar-refractivity contribution is 5.30. The molecule has 0 bridgehead atoms. The van der Waals surface area contributed by atoms with E-state index in [1.54, 1.807) is 7.05 Å². The number of hydrogen-bond donors (Lipinski definition) is 1. The lowest BCUT2D eigenvalue weighted by molar-refractivity contribution is 0.141. The molecular formula is C10H17N3O3. The zero-order valence-electron chi connectivity index (χ0n) is 9.60. The maximum Gasteiger partial charge on any atom is 0.330 e. The number of anilines is 1. The van der Waals surface area contributed by atoms with E-state index in [1.165, 1.54) is 10.8 Å². The molecule has 1 aromatic heterocycles. The summed E-state index contributed by atoms with van der Waals surface area (Å²) in [5.41, 5.74) is 4.80. The van der Waals surface area contributed by atoms with Crippen molar-refractivity contribution in [2.45, 2.75) is 19.9 Å². The van der Waals surface area contributed by atoms with Gasteiger partial charge < -0.3 is 15.0 Å². The van der Waals surface area contributed by atoms with Crippen LogP contribution in [0.25, 0.3) is 0 Å². The Morgan fingerprint density at radius 2 is 2.12 bits per heavy atom. The van der Waals surface area contributed by atoms with E-state index in [1.807, 2.05) is 6.92 Å². The first-order chi connectivity index (χ1) is 7.57. The van der Waals surface area contributed by atoms with Crippen molar-refractivity contribution >= 4 is 5.69 Å². The molecule has 0 aliphatic heterocycles. The number of ether oxygens (including phenoxy) is 1. The van der Waals surface area contributed by atoms with Gasteiger partial charge in [-0.05, 0) is 13.3 Å². The van der Waals surface area contributed by atoms with Gasteiger partial charge in [0, 0.05) is 33.0 Å². The molecule has 0 unspecified atom stereocenters. The van der Waals surface area contributed by atoms with E-state index in [2.05, 4.69) is 0 Å². The number of aryl methyl sites for hydroxylation is 1. The summed E-state index contributed by atoms with van der Waals surface area (Å²) in [6.07, 6.45) is 1.95. The first kappa shape index (κ1) is 12.5. The van der Waals surface area contributed by atoms with Crippen LogP contribution in [0.5, 0.6) is 0 Å². The van der Waals surface area contributed by atoms with Crippen molar-refractivity contribution in [1.82, 2.24) is 9.13 Å². The summed E-state index contributed by atoms with van der Waals surface area (Å²) in [6.45, 7) is 3.38. The van der Waals surface area contributed by atoms with Gasteiger partial charge in [0.1, 0.15) is 5.69 Å². The number of nitrogen functional groups attached to an aromatic ring is 1. The Morgan fingerprint density at radius 3 is 2.75 bits per heavy atom. The van der Waals surface area contributed by atoms with Crippen LogP contribution in [0.1, 0.15) is 13.3 Å². The van der Waals surface area contributed by atoms with Gasteiger partial charge in [-0.1, -0.05) is 0 Å². The van der Waals surface area contributed by atoms with Gasteiger partial charge in [0.15, 0.2) is 0 Å². The van der Waals surface area contributed by atoms with E-state index in [4.69, 9.17) is 10.5 Å². The largest absolute Gasteiger partial charge is 0.393 e. The zero-order valence-corrected chi connectivity index (χ0v) is 9.60. The topological polar surface area (TPSA) is 79.2 Å². The van der Waals surface area contributed by atoms with Crippen LogP contribution < -0.4 is 17.0 Å². The first-order valence-corrected chi connectivity index (χ1v) is 5.21. The molecule has 1 heterocycles. The van der Waals surface area contributed by atoms with Crippen molar-refractivity contribution in [3.05, 3.63) is 27.0 Å². The van der Waals surface area contributed by atoms with Crippen LogP contribution in [-0.2, 0) is 18.3 Å². The quantitative estimate of drug-likeness (QED) is 0.691. The minimum absolute atomic E-state index is 0.0820. The van der Waals surface area contributed by atoms with Gasteiger partial charge in [-0.3, -0.25) is 9.36 Å². The minimum Gasteiger partial charge on any atom is -0.393 e. The van der Waals surface area contributed by atoms with Crippen molar-refractivity contribution in [2.75, 3.05) is 18.9 Å². The molecule has 0 saturated carbocycles. The molecule has 0 aromatic carbocycles. The van der Waals surface area contributed by atoms with Crippen molar-refractivity contribution in [1.29, 1.82) is 0 Å². The number of hydrogen-bond acceptors (Lipinski definition) is 4. The second-order valence-electron chi connectivity index (χ2n) is 3.49. The third-order valence-electron chi connectivity index (χ3n) is 2.23. The summed E-state index contributed by atoms with van der Waals surface area (Å²) in [6, 6.07) is 0. The van der Waals surface area contributed by atoms with E-state index >= 15 is 0 Å². The Balaban J connectivity index is 2.87. The molecule has 0 atom stereocenters. The molecule has 6 heteroatoms. The summed E-state index contributed by atoms with van der Waals surface area (Å²) >= 11 is 0. The Labute approximate surface area is 93.3 Å². The van der Waals surface area contributed by atoms with Crippen molar-refractivity contribution in [2.24, 2.45) is 7.05 Å². The maximum absolute atomic E-state index is 11.6. The number of aromatic nitrogens is 2. The Hall–Kier alpha value is -1.56. The second kappa shape index (κ2) is 5.50. The smallest absolute Gasteiger partial charge is 0.330 e. The van der Waals surface area contributed by atoms with Crippen molar-refractivity contribution < 1.29 is 4.74 Å². The summed E-state index contributed by atoms with van der Waals surface area (Å²) in [7, 11) is 1.57. The maximum atomic E-state index is 11.6. The molecule has 2 N–H and O–H groups in total. The van der Waals surface area contributed by atoms with Gasteiger partial charge in [0.2, 0.25) is 0 Å². The fourth-order valence-corrected chi connectivity index (χ4v) is 1.42. The van der Waals surface area contributed by atoms with Crippen LogP contribution in [0.3, 0.4) is 0 Å². The highest BCUT2D eigenvalue weighted by atomic mass is 16.5. The third-order valence-corrected chi connectivity index (χ3v) is 2.23. The van der Waals surface area contributed by atoms with Gasteiger partial charge in [-0.25, -0.2) is 4.79 Å². The highest BCUT2D eigenvalue weighted by Crippen LogP contribution is 1.90. The average Bonchev–Trinajstić information content (AvgIpc) is 2.25. The minimum atomic E-state index is -0.431. The summed E-state index contributed by atoms with van der Waals surface area (Å²) in [5, 5.41) is 0. The predicted octanol–water partition coefficient (Wildman–Crippen LogP) is -0.444. The van der Waals surface area contributed by atoms with E-state index < -0.39 is 5.56 Å². The summed E-state index contributed by atoms with van der Waals surface area (Å²) in [5.74, 6) is 0. The third kappa shape index (κ3) is 2.73. The first-order valence-electron chi connectivity index (χ1n) is 5.21. The van der Waals surface area contributed by atoms with Crippen molar-refractivity contribution in [3.63, 3.8) is 0 Å². The van der Waals surface area contributed by atoms with E-state index in [0.717, 1.165) is 4.57 Å². The SMILES string of the molecule is CCOCCCn1c(=O)c(N)cn(C)c1=O. The molecule has 0 fully saturated rings. The average molecular weight is 227 g/mol. The fraction of sp³-hybridized carbons (Fsp3) is 0.600. The molecule has 1 aromatic rings. The van der Waals surface area contributed by atoms with Crippen LogP contribution >= 0.6 is 0 Å². The number of nitrogens with zero attached hydrogens (tertiary/aromatic N) is 2. The van der Waals surface area contributed by atoms with Crippen LogP contribution in [0.2, 0.25) is 0 Å². The molecule has 0 amide bonds. The lowest BCUT2D eigenvalue weighted by Gasteiger charge is -2.08. The Kier molecular flexibility index (Phi) is 4.30. The van der Waals surface area contributed by atoms with Crippen LogP contribution in [0, 0.1) is 0 Å². The van der Waals surface area contributed by atoms with E-state index in [9.17, 15) is 9.59 Å². The standard InChI is InChI=1S/C10H17N3O3/c1-3-16-6-4-5-13-9(14)8(11)7-12(2)10(13)15/h7H,3-6,11H2,1-2H3. The number of nitrogens with two attached hydrogens (primary N) is 1. The fourth-order valence-electron chi connectivity index (χ4n) is 1.42. The predicted molar refractivity (Wildman–Crippen MR) is 61.5 cm³/mol. The Morgan fingerprint density at radius 1 is 1.44 bits per heavy atom. The van der Waals surface area contributed by atoms with Crippen LogP contribution in [0.4, 0.5) is 5.69 Å². The van der Waals surface area contributed by atoms with Crippen molar-refractivity contribution in [3.8, 4) is 0 Å². The highest BCUT2D eigenvalue weighted by Gasteiger charge is 2.06. The van der Waals surface area contributed by atoms with Crippen LogP contribution in [0.15, 0.2) is 15.8 Å². The molecule has 6 nitrogen and oxygen atoms in total. The Bertz CT molecular complexity index is 427. The van der Waals surface area contributed by atoms with Gasteiger partial charge in [0.05, 0.1) is 0 Å². The lowest BCUT2D eigenvalue weighted by Crippen LogP contribution is -2.39. The van der Waals surface area contributed by atoms with E-state index in [0.29, 0.717) is 26.2 Å². The summed E-state index contributed by atoms with van der Waals surface area (Å²) in [4.78, 5) is 23.2. The molecule has 90 valence electrons. The normalized spacial score (nSPS) is 10.6. The number of rotatable bonds is 5. The summed E-state index contributed by atoms with van der Waals surface area (Å²) < 4.78 is 7.58. The molecular weight excluding hydrogens is 210 g/mol.